The van der Waals surface area contributed by atoms with Crippen LogP contribution >= 0.6 is 0 Å². The van der Waals surface area contributed by atoms with Gasteiger partial charge in [0.25, 0.3) is 0 Å². The van der Waals surface area contributed by atoms with E-state index in [1.54, 1.807) is 7.05 Å². The molecule has 0 aromatic carbocycles. The zero-order valence-electron chi connectivity index (χ0n) is 11.2. The van der Waals surface area contributed by atoms with Gasteiger partial charge in [-0.3, -0.25) is 4.79 Å². The van der Waals surface area contributed by atoms with Crippen molar-refractivity contribution in [3.63, 3.8) is 0 Å². The van der Waals surface area contributed by atoms with Crippen LogP contribution in [-0.4, -0.2) is 48.7 Å². The first-order valence-corrected chi connectivity index (χ1v) is 6.17. The third kappa shape index (κ3) is 4.49. The van der Waals surface area contributed by atoms with Crippen LogP contribution in [0.5, 0.6) is 0 Å². The lowest BCUT2D eigenvalue weighted by Gasteiger charge is -2.18. The molecule has 0 radical (unpaired) electrons. The molecule has 1 aliphatic carbocycles. The lowest BCUT2D eigenvalue weighted by atomic mass is 10.1. The van der Waals surface area contributed by atoms with E-state index in [4.69, 9.17) is 9.84 Å². The molecule has 5 nitrogen and oxygen atoms in total. The summed E-state index contributed by atoms with van der Waals surface area (Å²) in [5.41, 5.74) is 0.359. The van der Waals surface area contributed by atoms with Crippen molar-refractivity contribution < 1.29 is 19.4 Å². The van der Waals surface area contributed by atoms with Gasteiger partial charge in [-0.2, -0.15) is 0 Å². The normalized spacial score (nSPS) is 16.2. The molecular weight excluding hydrogens is 234 g/mol. The van der Waals surface area contributed by atoms with Gasteiger partial charge in [0.1, 0.15) is 0 Å². The summed E-state index contributed by atoms with van der Waals surface area (Å²) in [6.45, 7) is 4.72. The molecule has 1 amide bonds. The third-order valence-corrected chi connectivity index (χ3v) is 3.17. The lowest BCUT2D eigenvalue weighted by Crippen LogP contribution is -2.31. The molecule has 102 valence electrons. The Morgan fingerprint density at radius 2 is 1.89 bits per heavy atom. The predicted molar refractivity (Wildman–Crippen MR) is 67.2 cm³/mol. The van der Waals surface area contributed by atoms with E-state index in [-0.39, 0.29) is 17.1 Å². The van der Waals surface area contributed by atoms with E-state index >= 15 is 0 Å². The molecule has 1 fully saturated rings. The summed E-state index contributed by atoms with van der Waals surface area (Å²) in [5.74, 6) is -0.606. The average Bonchev–Trinajstić information content (AvgIpc) is 3.15. The minimum atomic E-state index is -1.06. The quantitative estimate of drug-likeness (QED) is 0.550. The molecule has 5 heteroatoms. The highest BCUT2D eigenvalue weighted by Gasteiger charge is 2.21. The smallest absolute Gasteiger partial charge is 0.331 e. The number of carbonyl (C=O) groups is 2. The number of nitrogens with zero attached hydrogens (tertiary/aromatic N) is 1. The largest absolute Gasteiger partial charge is 0.478 e. The van der Waals surface area contributed by atoms with Crippen molar-refractivity contribution in [2.24, 2.45) is 5.92 Å². The fourth-order valence-electron chi connectivity index (χ4n) is 1.44. The second-order valence-electron chi connectivity index (χ2n) is 4.80. The number of hydrogen-bond acceptors (Lipinski definition) is 3. The highest BCUT2D eigenvalue weighted by atomic mass is 16.5. The van der Waals surface area contributed by atoms with Crippen LogP contribution in [0.3, 0.4) is 0 Å². The van der Waals surface area contributed by atoms with Crippen molar-refractivity contribution in [3.8, 4) is 0 Å². The summed E-state index contributed by atoms with van der Waals surface area (Å²) in [4.78, 5) is 24.1. The number of amides is 1. The molecule has 0 atom stereocenters. The molecule has 1 saturated carbocycles. The highest BCUT2D eigenvalue weighted by molar-refractivity contribution is 6.01. The van der Waals surface area contributed by atoms with E-state index < -0.39 is 5.97 Å². The van der Waals surface area contributed by atoms with Crippen molar-refractivity contribution in [3.05, 3.63) is 11.1 Å². The molecule has 0 saturated heterocycles. The molecule has 0 spiro atoms. The Morgan fingerprint density at radius 1 is 1.28 bits per heavy atom. The van der Waals surface area contributed by atoms with Crippen molar-refractivity contribution in [2.45, 2.75) is 26.7 Å². The van der Waals surface area contributed by atoms with Gasteiger partial charge in [-0.25, -0.2) is 4.79 Å². The van der Waals surface area contributed by atoms with Crippen molar-refractivity contribution in [1.82, 2.24) is 4.90 Å². The number of hydrogen-bond donors (Lipinski definition) is 1. The van der Waals surface area contributed by atoms with Gasteiger partial charge < -0.3 is 14.7 Å². The monoisotopic (exact) mass is 255 g/mol. The Balaban J connectivity index is 2.34. The summed E-state index contributed by atoms with van der Waals surface area (Å²) >= 11 is 0. The maximum atomic E-state index is 11.9. The first-order valence-electron chi connectivity index (χ1n) is 6.17. The number of ether oxygens (including phenoxy) is 1. The van der Waals surface area contributed by atoms with Crippen LogP contribution in [0.25, 0.3) is 0 Å². The topological polar surface area (TPSA) is 66.8 Å². The first kappa shape index (κ1) is 14.7. The fraction of sp³-hybridized carbons (Fsp3) is 0.692. The summed E-state index contributed by atoms with van der Waals surface area (Å²) in [6.07, 6.45) is 2.49. The Bertz CT molecular complexity index is 358. The standard InChI is InChI=1S/C13H21NO4/c1-9(10(2)13(16)17)12(15)14(3)6-7-18-8-11-4-5-11/h11H,4-8H2,1-3H3,(H,16,17). The minimum Gasteiger partial charge on any atom is -0.478 e. The second-order valence-corrected chi connectivity index (χ2v) is 4.80. The zero-order valence-corrected chi connectivity index (χ0v) is 11.2. The molecule has 0 heterocycles. The van der Waals surface area contributed by atoms with Gasteiger partial charge in [-0.15, -0.1) is 0 Å². The maximum absolute atomic E-state index is 11.9. The Hall–Kier alpha value is -1.36. The van der Waals surface area contributed by atoms with Crippen LogP contribution in [0.2, 0.25) is 0 Å². The van der Waals surface area contributed by atoms with Crippen LogP contribution in [-0.2, 0) is 14.3 Å². The minimum absolute atomic E-state index is 0.0887. The number of rotatable bonds is 7. The molecule has 1 aliphatic rings. The zero-order chi connectivity index (χ0) is 13.7. The Labute approximate surface area is 107 Å². The van der Waals surface area contributed by atoms with Crippen LogP contribution < -0.4 is 0 Å². The number of aliphatic carboxylic acids is 1. The van der Waals surface area contributed by atoms with Gasteiger partial charge in [0.05, 0.1) is 6.61 Å². The summed E-state index contributed by atoms with van der Waals surface area (Å²) < 4.78 is 5.44. The number of carbonyl (C=O) groups excluding carboxylic acids is 1. The number of carboxylic acids is 1. The van der Waals surface area contributed by atoms with Gasteiger partial charge in [0, 0.05) is 31.3 Å². The van der Waals surface area contributed by atoms with Gasteiger partial charge in [-0.1, -0.05) is 0 Å². The van der Waals surface area contributed by atoms with Gasteiger partial charge in [0.15, 0.2) is 0 Å². The Morgan fingerprint density at radius 3 is 2.39 bits per heavy atom. The van der Waals surface area contributed by atoms with E-state index in [9.17, 15) is 9.59 Å². The Kier molecular flexibility index (Phi) is 5.34. The second kappa shape index (κ2) is 6.54. The average molecular weight is 255 g/mol. The van der Waals surface area contributed by atoms with Crippen LogP contribution in [0, 0.1) is 5.92 Å². The molecule has 0 aliphatic heterocycles. The molecule has 0 aromatic heterocycles. The van der Waals surface area contributed by atoms with Crippen molar-refractivity contribution in [2.75, 3.05) is 26.8 Å². The summed E-state index contributed by atoms with van der Waals surface area (Å²) in [7, 11) is 1.65. The van der Waals surface area contributed by atoms with E-state index in [0.717, 1.165) is 6.61 Å². The predicted octanol–water partition coefficient (Wildman–Crippen LogP) is 1.29. The van der Waals surface area contributed by atoms with Gasteiger partial charge in [0.2, 0.25) is 5.91 Å². The van der Waals surface area contributed by atoms with Crippen molar-refractivity contribution in [1.29, 1.82) is 0 Å². The van der Waals surface area contributed by atoms with E-state index in [0.29, 0.717) is 19.1 Å². The first-order chi connectivity index (χ1) is 8.43. The molecular formula is C13H21NO4. The molecule has 0 bridgehead atoms. The number of carboxylic acid groups (broad SMARTS) is 1. The van der Waals surface area contributed by atoms with Crippen LogP contribution in [0.15, 0.2) is 11.1 Å². The summed E-state index contributed by atoms with van der Waals surface area (Å²) in [6, 6.07) is 0. The van der Waals surface area contributed by atoms with Crippen molar-refractivity contribution >= 4 is 11.9 Å². The maximum Gasteiger partial charge on any atom is 0.331 e. The van der Waals surface area contributed by atoms with E-state index in [2.05, 4.69) is 0 Å². The fourth-order valence-corrected chi connectivity index (χ4v) is 1.44. The molecule has 1 N–H and O–H groups in total. The van der Waals surface area contributed by atoms with Crippen LogP contribution in [0.1, 0.15) is 26.7 Å². The highest BCUT2D eigenvalue weighted by Crippen LogP contribution is 2.28. The molecule has 0 unspecified atom stereocenters. The lowest BCUT2D eigenvalue weighted by molar-refractivity contribution is -0.133. The van der Waals surface area contributed by atoms with Gasteiger partial charge in [-0.05, 0) is 32.6 Å². The molecule has 0 aromatic rings. The number of likely N-dealkylation sites (N-methyl/N-ethyl adjacent to an activating group) is 1. The SMILES string of the molecule is CC(C(=O)O)=C(C)C(=O)N(C)CCOCC1CC1. The van der Waals surface area contributed by atoms with E-state index in [1.807, 2.05) is 0 Å². The van der Waals surface area contributed by atoms with E-state index in [1.165, 1.54) is 31.6 Å². The van der Waals surface area contributed by atoms with Gasteiger partial charge >= 0.3 is 5.97 Å². The molecule has 18 heavy (non-hydrogen) atoms. The molecule has 1 rings (SSSR count). The van der Waals surface area contributed by atoms with Crippen LogP contribution in [0.4, 0.5) is 0 Å². The summed E-state index contributed by atoms with van der Waals surface area (Å²) in [5, 5.41) is 8.81. The third-order valence-electron chi connectivity index (χ3n) is 3.17.